The summed E-state index contributed by atoms with van der Waals surface area (Å²) in [6, 6.07) is 4.19. The van der Waals surface area contributed by atoms with E-state index in [1.54, 1.807) is 0 Å². The second-order valence-corrected chi connectivity index (χ2v) is 2.95. The summed E-state index contributed by atoms with van der Waals surface area (Å²) in [5.74, 6) is -0.813. The van der Waals surface area contributed by atoms with E-state index in [-0.39, 0.29) is 23.2 Å². The molecule has 1 rings (SSSR count). The van der Waals surface area contributed by atoms with Gasteiger partial charge in [-0.1, -0.05) is 17.7 Å². The predicted octanol–water partition coefficient (Wildman–Crippen LogP) is 2.45. The third-order valence-electron chi connectivity index (χ3n) is 1.34. The van der Waals surface area contributed by atoms with Gasteiger partial charge in [0.25, 0.3) is 0 Å². The Bertz CT molecular complexity index is 305. The van der Waals surface area contributed by atoms with Crippen molar-refractivity contribution in [2.45, 2.75) is 6.92 Å². The Kier molecular flexibility index (Phi) is 3.25. The van der Waals surface area contributed by atoms with Crippen molar-refractivity contribution >= 4 is 17.4 Å². The minimum atomic E-state index is -0.561. The molecule has 0 bridgehead atoms. The molecular formula is C9H8ClFO2. The van der Waals surface area contributed by atoms with Gasteiger partial charge in [0, 0.05) is 0 Å². The van der Waals surface area contributed by atoms with E-state index in [9.17, 15) is 9.18 Å². The summed E-state index contributed by atoms with van der Waals surface area (Å²) in [6.45, 7) is 1.19. The molecule has 1 aromatic carbocycles. The van der Waals surface area contributed by atoms with E-state index in [4.69, 9.17) is 16.3 Å². The first-order valence-electron chi connectivity index (χ1n) is 3.67. The maximum atomic E-state index is 13.0. The molecule has 0 spiro atoms. The maximum absolute atomic E-state index is 13.0. The third kappa shape index (κ3) is 2.70. The van der Waals surface area contributed by atoms with Gasteiger partial charge in [-0.05, 0) is 19.1 Å². The Hall–Kier alpha value is -1.09. The van der Waals surface area contributed by atoms with E-state index in [0.717, 1.165) is 0 Å². The molecule has 0 radical (unpaired) electrons. The average Bonchev–Trinajstić information content (AvgIpc) is 2.03. The van der Waals surface area contributed by atoms with E-state index in [2.05, 4.69) is 0 Å². The SMILES string of the molecule is CC(=O)COc1c(F)cccc1Cl. The lowest BCUT2D eigenvalue weighted by molar-refractivity contribution is -0.118. The molecule has 0 aliphatic rings. The van der Waals surface area contributed by atoms with Crippen LogP contribution in [0.1, 0.15) is 6.92 Å². The molecule has 0 unspecified atom stereocenters. The van der Waals surface area contributed by atoms with Gasteiger partial charge in [0.15, 0.2) is 17.3 Å². The molecule has 4 heteroatoms. The van der Waals surface area contributed by atoms with Gasteiger partial charge < -0.3 is 4.74 Å². The number of ether oxygens (including phenoxy) is 1. The van der Waals surface area contributed by atoms with Crippen LogP contribution in [0.4, 0.5) is 4.39 Å². The number of hydrogen-bond acceptors (Lipinski definition) is 2. The topological polar surface area (TPSA) is 26.3 Å². The largest absolute Gasteiger partial charge is 0.481 e. The molecule has 0 saturated heterocycles. The smallest absolute Gasteiger partial charge is 0.174 e. The fourth-order valence-corrected chi connectivity index (χ4v) is 1.01. The summed E-state index contributed by atoms with van der Waals surface area (Å²) >= 11 is 5.64. The van der Waals surface area contributed by atoms with Gasteiger partial charge in [-0.3, -0.25) is 4.79 Å². The van der Waals surface area contributed by atoms with Crippen LogP contribution in [0.2, 0.25) is 5.02 Å². The van der Waals surface area contributed by atoms with Crippen molar-refractivity contribution in [1.29, 1.82) is 0 Å². The molecule has 2 nitrogen and oxygen atoms in total. The van der Waals surface area contributed by atoms with Crippen molar-refractivity contribution in [3.8, 4) is 5.75 Å². The second-order valence-electron chi connectivity index (χ2n) is 2.54. The number of carbonyl (C=O) groups excluding carboxylic acids is 1. The quantitative estimate of drug-likeness (QED) is 0.753. The van der Waals surface area contributed by atoms with E-state index in [0.29, 0.717) is 0 Å². The van der Waals surface area contributed by atoms with Crippen molar-refractivity contribution in [1.82, 2.24) is 0 Å². The third-order valence-corrected chi connectivity index (χ3v) is 1.64. The van der Waals surface area contributed by atoms with Crippen LogP contribution in [0.5, 0.6) is 5.75 Å². The van der Waals surface area contributed by atoms with Crippen LogP contribution in [0, 0.1) is 5.82 Å². The van der Waals surface area contributed by atoms with Crippen molar-refractivity contribution < 1.29 is 13.9 Å². The first-order valence-corrected chi connectivity index (χ1v) is 4.05. The molecule has 13 heavy (non-hydrogen) atoms. The van der Waals surface area contributed by atoms with Gasteiger partial charge >= 0.3 is 0 Å². The van der Waals surface area contributed by atoms with Crippen LogP contribution < -0.4 is 4.74 Å². The first-order chi connectivity index (χ1) is 6.11. The molecule has 0 N–H and O–H groups in total. The fraction of sp³-hybridized carbons (Fsp3) is 0.222. The van der Waals surface area contributed by atoms with E-state index < -0.39 is 5.82 Å². The molecule has 0 fully saturated rings. The van der Waals surface area contributed by atoms with Crippen LogP contribution in [-0.4, -0.2) is 12.4 Å². The number of carbonyl (C=O) groups is 1. The Morgan fingerprint density at radius 1 is 1.62 bits per heavy atom. The van der Waals surface area contributed by atoms with Crippen molar-refractivity contribution in [2.75, 3.05) is 6.61 Å². The average molecular weight is 203 g/mol. The molecule has 0 saturated carbocycles. The zero-order valence-electron chi connectivity index (χ0n) is 7.01. The highest BCUT2D eigenvalue weighted by molar-refractivity contribution is 6.32. The fourth-order valence-electron chi connectivity index (χ4n) is 0.794. The molecule has 0 aromatic heterocycles. The Balaban J connectivity index is 2.81. The van der Waals surface area contributed by atoms with Gasteiger partial charge in [-0.25, -0.2) is 4.39 Å². The zero-order chi connectivity index (χ0) is 9.84. The van der Waals surface area contributed by atoms with Gasteiger partial charge in [0.05, 0.1) is 5.02 Å². The highest BCUT2D eigenvalue weighted by Crippen LogP contribution is 2.26. The Morgan fingerprint density at radius 2 is 2.31 bits per heavy atom. The molecule has 0 aliphatic heterocycles. The van der Waals surface area contributed by atoms with Crippen molar-refractivity contribution in [3.63, 3.8) is 0 Å². The molecule has 0 atom stereocenters. The van der Waals surface area contributed by atoms with Crippen molar-refractivity contribution in [2.24, 2.45) is 0 Å². The molecule has 0 heterocycles. The van der Waals surface area contributed by atoms with Crippen LogP contribution in [-0.2, 0) is 4.79 Å². The van der Waals surface area contributed by atoms with Gasteiger partial charge in [-0.15, -0.1) is 0 Å². The zero-order valence-corrected chi connectivity index (χ0v) is 7.77. The summed E-state index contributed by atoms with van der Waals surface area (Å²) in [7, 11) is 0. The van der Waals surface area contributed by atoms with E-state index >= 15 is 0 Å². The number of halogens is 2. The lowest BCUT2D eigenvalue weighted by Crippen LogP contribution is -2.07. The lowest BCUT2D eigenvalue weighted by atomic mass is 10.3. The number of ketones is 1. The highest BCUT2D eigenvalue weighted by atomic mass is 35.5. The minimum absolute atomic E-state index is 0.0700. The van der Waals surface area contributed by atoms with Crippen LogP contribution in [0.25, 0.3) is 0 Å². The summed E-state index contributed by atoms with van der Waals surface area (Å²) in [5, 5.41) is 0.168. The summed E-state index contributed by atoms with van der Waals surface area (Å²) < 4.78 is 17.9. The van der Waals surface area contributed by atoms with Crippen molar-refractivity contribution in [3.05, 3.63) is 29.0 Å². The molecule has 1 aromatic rings. The molecule has 0 aliphatic carbocycles. The van der Waals surface area contributed by atoms with Crippen LogP contribution in [0.3, 0.4) is 0 Å². The first kappa shape index (κ1) is 9.99. The molecular weight excluding hydrogens is 195 g/mol. The summed E-state index contributed by atoms with van der Waals surface area (Å²) in [4.78, 5) is 10.5. The van der Waals surface area contributed by atoms with Crippen LogP contribution in [0.15, 0.2) is 18.2 Å². The second kappa shape index (κ2) is 4.23. The summed E-state index contributed by atoms with van der Waals surface area (Å²) in [6.07, 6.45) is 0. The standard InChI is InChI=1S/C9H8ClFO2/c1-6(12)5-13-9-7(10)3-2-4-8(9)11/h2-4H,5H2,1H3. The van der Waals surface area contributed by atoms with Gasteiger partial charge in [-0.2, -0.15) is 0 Å². The number of rotatable bonds is 3. The molecule has 0 amide bonds. The van der Waals surface area contributed by atoms with Crippen LogP contribution >= 0.6 is 11.6 Å². The normalized spacial score (nSPS) is 9.77. The number of para-hydroxylation sites is 1. The Morgan fingerprint density at radius 3 is 2.85 bits per heavy atom. The maximum Gasteiger partial charge on any atom is 0.174 e. The van der Waals surface area contributed by atoms with E-state index in [1.165, 1.54) is 25.1 Å². The highest BCUT2D eigenvalue weighted by Gasteiger charge is 2.08. The number of hydrogen-bond donors (Lipinski definition) is 0. The minimum Gasteiger partial charge on any atom is -0.481 e. The monoisotopic (exact) mass is 202 g/mol. The Labute approximate surface area is 80.3 Å². The molecule has 70 valence electrons. The summed E-state index contributed by atoms with van der Waals surface area (Å²) in [5.41, 5.74) is 0. The van der Waals surface area contributed by atoms with Gasteiger partial charge in [0.2, 0.25) is 0 Å². The van der Waals surface area contributed by atoms with E-state index in [1.807, 2.05) is 0 Å². The lowest BCUT2D eigenvalue weighted by Gasteiger charge is -2.06. The number of Topliss-reactive ketones (excluding diaryl/α,β-unsaturated/α-hetero) is 1. The van der Waals surface area contributed by atoms with Gasteiger partial charge in [0.1, 0.15) is 6.61 Å². The number of benzene rings is 1. The predicted molar refractivity (Wildman–Crippen MR) is 47.6 cm³/mol.